The Hall–Kier alpha value is -3.65. The second-order valence-corrected chi connectivity index (χ2v) is 9.69. The molecule has 0 aromatic heterocycles. The minimum absolute atomic E-state index is 0.163. The third-order valence-corrected chi connectivity index (χ3v) is 7.25. The van der Waals surface area contributed by atoms with E-state index in [2.05, 4.69) is 32.1 Å². The number of carbonyl (C=O) groups excluding carboxylic acids is 1. The Kier molecular flexibility index (Phi) is 5.60. The highest BCUT2D eigenvalue weighted by atomic mass is 32.2. The largest absolute Gasteiger partial charge is 0.371 e. The minimum Gasteiger partial charge on any atom is -0.371 e. The predicted molar refractivity (Wildman–Crippen MR) is 129 cm³/mol. The number of nitrogens with one attached hydrogen (secondary N) is 2. The van der Waals surface area contributed by atoms with Crippen molar-refractivity contribution in [2.24, 2.45) is 4.40 Å². The van der Waals surface area contributed by atoms with E-state index in [0.29, 0.717) is 23.4 Å². The quantitative estimate of drug-likeness (QED) is 0.605. The summed E-state index contributed by atoms with van der Waals surface area (Å²) in [6, 6.07) is 21.8. The van der Waals surface area contributed by atoms with Crippen LogP contribution in [-0.4, -0.2) is 33.3 Å². The molecule has 8 heteroatoms. The van der Waals surface area contributed by atoms with Crippen LogP contribution in [0.5, 0.6) is 0 Å². The van der Waals surface area contributed by atoms with Crippen molar-refractivity contribution >= 4 is 33.1 Å². The standard InChI is InChI=1S/C25H24N4O3S/c30-25(26-17-19-7-1-3-9-22(19)29-15-5-6-16-29)18-11-13-20(14-12-18)27-24-21-8-2-4-10-23(21)33(31,32)28-24/h1-4,7-14H,5-6,15-17H2,(H,26,30)(H,27,28). The van der Waals surface area contributed by atoms with Crippen molar-refractivity contribution in [2.45, 2.75) is 24.3 Å². The van der Waals surface area contributed by atoms with Crippen molar-refractivity contribution in [3.05, 3.63) is 89.5 Å². The van der Waals surface area contributed by atoms with Crippen molar-refractivity contribution in [1.29, 1.82) is 0 Å². The van der Waals surface area contributed by atoms with Gasteiger partial charge in [-0.3, -0.25) is 4.79 Å². The third-order valence-electron chi connectivity index (χ3n) is 5.92. The van der Waals surface area contributed by atoms with E-state index >= 15 is 0 Å². The summed E-state index contributed by atoms with van der Waals surface area (Å²) in [5.74, 6) is 0.116. The van der Waals surface area contributed by atoms with Crippen molar-refractivity contribution in [1.82, 2.24) is 5.32 Å². The summed E-state index contributed by atoms with van der Waals surface area (Å²) in [5.41, 5.74) is 4.00. The molecule has 0 atom stereocenters. The summed E-state index contributed by atoms with van der Waals surface area (Å²) in [5, 5.41) is 6.06. The van der Waals surface area contributed by atoms with Crippen LogP contribution in [0.15, 0.2) is 82.1 Å². The van der Waals surface area contributed by atoms with Crippen LogP contribution in [0.3, 0.4) is 0 Å². The SMILES string of the molecule is O=C(NCc1ccccc1N1CCCC1)c1ccc(NC2=NS(=O)(=O)c3ccccc32)cc1. The van der Waals surface area contributed by atoms with Crippen LogP contribution in [0.25, 0.3) is 0 Å². The van der Waals surface area contributed by atoms with E-state index in [0.717, 1.165) is 18.7 Å². The van der Waals surface area contributed by atoms with Gasteiger partial charge in [-0.1, -0.05) is 30.3 Å². The molecule has 33 heavy (non-hydrogen) atoms. The monoisotopic (exact) mass is 460 g/mol. The number of carbonyl (C=O) groups is 1. The Morgan fingerprint density at radius 2 is 1.61 bits per heavy atom. The molecule has 168 valence electrons. The number of fused-ring (bicyclic) bond motifs is 1. The van der Waals surface area contributed by atoms with Gasteiger partial charge in [0.15, 0.2) is 5.84 Å². The first-order chi connectivity index (χ1) is 16.0. The lowest BCUT2D eigenvalue weighted by molar-refractivity contribution is 0.0951. The van der Waals surface area contributed by atoms with Gasteiger partial charge in [0.05, 0.1) is 0 Å². The van der Waals surface area contributed by atoms with Crippen LogP contribution in [0.1, 0.15) is 34.3 Å². The van der Waals surface area contributed by atoms with Crippen LogP contribution < -0.4 is 15.5 Å². The van der Waals surface area contributed by atoms with Crippen LogP contribution in [-0.2, 0) is 16.6 Å². The number of benzene rings is 3. The zero-order valence-corrected chi connectivity index (χ0v) is 18.8. The summed E-state index contributed by atoms with van der Waals surface area (Å²) >= 11 is 0. The van der Waals surface area contributed by atoms with E-state index < -0.39 is 10.0 Å². The number of sulfonamides is 1. The average Bonchev–Trinajstić information content (AvgIpc) is 3.45. The van der Waals surface area contributed by atoms with Gasteiger partial charge in [0.25, 0.3) is 15.9 Å². The maximum Gasteiger partial charge on any atom is 0.285 e. The molecule has 0 bridgehead atoms. The van der Waals surface area contributed by atoms with E-state index in [9.17, 15) is 13.2 Å². The third kappa shape index (κ3) is 4.34. The molecule has 2 heterocycles. The second-order valence-electron chi connectivity index (χ2n) is 8.12. The number of hydrogen-bond donors (Lipinski definition) is 2. The molecule has 5 rings (SSSR count). The van der Waals surface area contributed by atoms with E-state index in [4.69, 9.17) is 0 Å². The Labute approximate surface area is 193 Å². The highest BCUT2D eigenvalue weighted by Gasteiger charge is 2.28. The first-order valence-electron chi connectivity index (χ1n) is 10.9. The smallest absolute Gasteiger partial charge is 0.285 e. The van der Waals surface area contributed by atoms with E-state index in [1.165, 1.54) is 24.6 Å². The maximum atomic E-state index is 12.7. The van der Waals surface area contributed by atoms with Gasteiger partial charge >= 0.3 is 0 Å². The van der Waals surface area contributed by atoms with Crippen molar-refractivity contribution < 1.29 is 13.2 Å². The molecule has 0 radical (unpaired) electrons. The Bertz CT molecular complexity index is 1330. The number of anilines is 2. The summed E-state index contributed by atoms with van der Waals surface area (Å²) in [6.45, 7) is 2.56. The summed E-state index contributed by atoms with van der Waals surface area (Å²) in [4.78, 5) is 15.3. The van der Waals surface area contributed by atoms with Gasteiger partial charge in [-0.15, -0.1) is 4.40 Å². The molecular weight excluding hydrogens is 436 g/mol. The number of rotatable bonds is 5. The molecule has 2 N–H and O–H groups in total. The first kappa shape index (κ1) is 21.2. The number of nitrogens with zero attached hydrogens (tertiary/aromatic N) is 2. The highest BCUT2D eigenvalue weighted by Crippen LogP contribution is 2.27. The molecule has 3 aromatic rings. The number of amides is 1. The zero-order valence-electron chi connectivity index (χ0n) is 18.0. The molecule has 0 unspecified atom stereocenters. The van der Waals surface area contributed by atoms with Crippen LogP contribution in [0.4, 0.5) is 11.4 Å². The fraction of sp³-hybridized carbons (Fsp3) is 0.200. The molecule has 7 nitrogen and oxygen atoms in total. The van der Waals surface area contributed by atoms with Gasteiger partial charge in [0.1, 0.15) is 4.90 Å². The minimum atomic E-state index is -3.68. The molecule has 1 fully saturated rings. The molecule has 0 aliphatic carbocycles. The summed E-state index contributed by atoms with van der Waals surface area (Å²) < 4.78 is 28.3. The number of para-hydroxylation sites is 1. The Balaban J connectivity index is 1.25. The zero-order chi connectivity index (χ0) is 22.8. The predicted octanol–water partition coefficient (Wildman–Crippen LogP) is 3.78. The lowest BCUT2D eigenvalue weighted by Crippen LogP contribution is -2.25. The maximum absolute atomic E-state index is 12.7. The Morgan fingerprint density at radius 1 is 0.909 bits per heavy atom. The van der Waals surface area contributed by atoms with Crippen molar-refractivity contribution in [2.75, 3.05) is 23.3 Å². The van der Waals surface area contributed by atoms with Crippen molar-refractivity contribution in [3.63, 3.8) is 0 Å². The van der Waals surface area contributed by atoms with Gasteiger partial charge in [-0.2, -0.15) is 8.42 Å². The lowest BCUT2D eigenvalue weighted by Gasteiger charge is -2.21. The van der Waals surface area contributed by atoms with E-state index in [-0.39, 0.29) is 16.6 Å². The normalized spacial score (nSPS) is 16.2. The molecule has 2 aliphatic heterocycles. The van der Waals surface area contributed by atoms with Crippen LogP contribution in [0, 0.1) is 0 Å². The Morgan fingerprint density at radius 3 is 2.39 bits per heavy atom. The summed E-state index contributed by atoms with van der Waals surface area (Å²) in [6.07, 6.45) is 2.40. The van der Waals surface area contributed by atoms with Crippen molar-refractivity contribution in [3.8, 4) is 0 Å². The van der Waals surface area contributed by atoms with Gasteiger partial charge in [-0.25, -0.2) is 0 Å². The van der Waals surface area contributed by atoms with Crippen LogP contribution >= 0.6 is 0 Å². The van der Waals surface area contributed by atoms with E-state index in [1.54, 1.807) is 42.5 Å². The number of hydrogen-bond acceptors (Lipinski definition) is 5. The van der Waals surface area contributed by atoms with Gasteiger partial charge in [0.2, 0.25) is 0 Å². The number of amidine groups is 1. The summed E-state index contributed by atoms with van der Waals surface area (Å²) in [7, 11) is -3.68. The lowest BCUT2D eigenvalue weighted by atomic mass is 10.1. The molecule has 2 aliphatic rings. The molecule has 0 spiro atoms. The fourth-order valence-corrected chi connectivity index (χ4v) is 5.42. The molecular formula is C25H24N4O3S. The van der Waals surface area contributed by atoms with Gasteiger partial charge in [0, 0.05) is 42.1 Å². The average molecular weight is 461 g/mol. The van der Waals surface area contributed by atoms with E-state index in [1.807, 2.05) is 12.1 Å². The molecule has 1 amide bonds. The molecule has 0 saturated carbocycles. The topological polar surface area (TPSA) is 90.9 Å². The molecule has 3 aromatic carbocycles. The second kappa shape index (κ2) is 8.71. The van der Waals surface area contributed by atoms with Crippen LogP contribution in [0.2, 0.25) is 0 Å². The molecule has 1 saturated heterocycles. The first-order valence-corrected chi connectivity index (χ1v) is 12.4. The fourth-order valence-electron chi connectivity index (χ4n) is 4.24. The highest BCUT2D eigenvalue weighted by molar-refractivity contribution is 7.90. The van der Waals surface area contributed by atoms with Gasteiger partial charge < -0.3 is 15.5 Å². The van der Waals surface area contributed by atoms with Gasteiger partial charge in [-0.05, 0) is 60.9 Å².